The molecule has 0 amide bonds. The highest BCUT2D eigenvalue weighted by atomic mass is 28.3. The van der Waals surface area contributed by atoms with E-state index in [2.05, 4.69) is 108 Å². The molecule has 0 radical (unpaired) electrons. The molecule has 33 heavy (non-hydrogen) atoms. The van der Waals surface area contributed by atoms with Crippen molar-refractivity contribution < 1.29 is 5.11 Å². The van der Waals surface area contributed by atoms with Gasteiger partial charge in [-0.25, -0.2) is 0 Å². The summed E-state index contributed by atoms with van der Waals surface area (Å²) in [5.41, 5.74) is 9.28. The highest BCUT2D eigenvalue weighted by Crippen LogP contribution is 2.61. The summed E-state index contributed by atoms with van der Waals surface area (Å²) < 4.78 is 0. The number of phenolic OH excluding ortho intramolecular Hbond substituents is 1. The third-order valence-corrected chi connectivity index (χ3v) is 14.1. The van der Waals surface area contributed by atoms with Gasteiger partial charge < -0.3 is 5.11 Å². The van der Waals surface area contributed by atoms with Gasteiger partial charge in [-0.3, -0.25) is 0 Å². The molecule has 0 saturated heterocycles. The fourth-order valence-corrected chi connectivity index (χ4v) is 11.8. The number of phenols is 1. The maximum atomic E-state index is 11.8. The second kappa shape index (κ2) is 8.14. The third-order valence-electron chi connectivity index (χ3n) is 9.79. The van der Waals surface area contributed by atoms with Crippen molar-refractivity contribution in [3.63, 3.8) is 0 Å². The fourth-order valence-electron chi connectivity index (χ4n) is 7.24. The molecule has 2 aliphatic rings. The van der Waals surface area contributed by atoms with Crippen LogP contribution in [0.15, 0.2) is 34.4 Å². The zero-order chi connectivity index (χ0) is 25.4. The molecule has 3 rings (SSSR count). The van der Waals surface area contributed by atoms with Crippen molar-refractivity contribution in [3.05, 3.63) is 45.6 Å². The Kier molecular flexibility index (Phi) is 6.50. The Labute approximate surface area is 205 Å². The summed E-state index contributed by atoms with van der Waals surface area (Å²) in [6.45, 7) is 33.1. The molecule has 2 aliphatic carbocycles. The average molecular weight is 467 g/mol. The second-order valence-corrected chi connectivity index (χ2v) is 18.7. The lowest BCUT2D eigenvalue weighted by Crippen LogP contribution is -2.50. The zero-order valence-electron chi connectivity index (χ0n) is 24.0. The van der Waals surface area contributed by atoms with Gasteiger partial charge in [0, 0.05) is 0 Å². The monoisotopic (exact) mass is 466 g/mol. The molecular weight excluding hydrogens is 416 g/mol. The van der Waals surface area contributed by atoms with Crippen LogP contribution in [0.2, 0.25) is 18.6 Å². The number of allylic oxidation sites excluding steroid dienone is 4. The molecule has 184 valence electrons. The van der Waals surface area contributed by atoms with Crippen LogP contribution in [0.3, 0.4) is 0 Å². The Morgan fingerprint density at radius 1 is 0.727 bits per heavy atom. The molecule has 0 spiro atoms. The van der Waals surface area contributed by atoms with E-state index in [4.69, 9.17) is 0 Å². The van der Waals surface area contributed by atoms with Gasteiger partial charge in [-0.1, -0.05) is 91.8 Å². The van der Waals surface area contributed by atoms with Crippen molar-refractivity contribution in [1.29, 1.82) is 0 Å². The van der Waals surface area contributed by atoms with Gasteiger partial charge in [0.15, 0.2) is 0 Å². The van der Waals surface area contributed by atoms with Crippen LogP contribution in [0.25, 0.3) is 0 Å². The minimum Gasteiger partial charge on any atom is -0.508 e. The van der Waals surface area contributed by atoms with Gasteiger partial charge in [0.25, 0.3) is 0 Å². The van der Waals surface area contributed by atoms with E-state index in [-0.39, 0.29) is 10.8 Å². The van der Waals surface area contributed by atoms with Crippen molar-refractivity contribution >= 4 is 13.3 Å². The normalized spacial score (nSPS) is 29.1. The highest BCUT2D eigenvalue weighted by molar-refractivity contribution is 6.91. The van der Waals surface area contributed by atoms with Crippen molar-refractivity contribution in [2.75, 3.05) is 0 Å². The van der Waals surface area contributed by atoms with Crippen LogP contribution < -0.4 is 5.19 Å². The Hall–Kier alpha value is -1.28. The van der Waals surface area contributed by atoms with Crippen LogP contribution >= 0.6 is 0 Å². The molecule has 5 unspecified atom stereocenters. The first kappa shape index (κ1) is 26.3. The zero-order valence-corrected chi connectivity index (χ0v) is 25.0. The van der Waals surface area contributed by atoms with E-state index in [9.17, 15) is 5.11 Å². The van der Waals surface area contributed by atoms with Crippen molar-refractivity contribution in [2.24, 2.45) is 23.7 Å². The van der Waals surface area contributed by atoms with Gasteiger partial charge in [0.1, 0.15) is 5.75 Å². The molecule has 0 bridgehead atoms. The van der Waals surface area contributed by atoms with Crippen LogP contribution in [0.5, 0.6) is 5.75 Å². The van der Waals surface area contributed by atoms with Crippen molar-refractivity contribution in [2.45, 2.75) is 113 Å². The molecule has 0 aromatic heterocycles. The number of hydrogen-bond donors (Lipinski definition) is 1. The second-order valence-electron chi connectivity index (χ2n) is 14.1. The van der Waals surface area contributed by atoms with Crippen LogP contribution in [-0.2, 0) is 10.8 Å². The van der Waals surface area contributed by atoms with E-state index in [1.165, 1.54) is 21.9 Å². The lowest BCUT2D eigenvalue weighted by Gasteiger charge is -2.42. The van der Waals surface area contributed by atoms with Crippen molar-refractivity contribution in [3.8, 4) is 5.75 Å². The quantitative estimate of drug-likeness (QED) is 0.433. The molecule has 1 aromatic rings. The summed E-state index contributed by atoms with van der Waals surface area (Å²) in [5.74, 6) is 3.11. The number of fused-ring (bicyclic) bond motifs is 1. The summed E-state index contributed by atoms with van der Waals surface area (Å²) in [6, 6.07) is 4.67. The van der Waals surface area contributed by atoms with Crippen LogP contribution in [0.1, 0.15) is 94.2 Å². The molecule has 0 heterocycles. The largest absolute Gasteiger partial charge is 0.508 e. The van der Waals surface area contributed by atoms with Gasteiger partial charge in [-0.05, 0) is 95.2 Å². The molecule has 1 fully saturated rings. The maximum absolute atomic E-state index is 11.8. The van der Waals surface area contributed by atoms with Crippen LogP contribution in [0, 0.1) is 23.7 Å². The standard InChI is InChI=1S/C31H50OSi/c1-17-18(2)20(4)27-26(19(17)3)21(5)22(6)29(27)33(13,14)25-16-23(30(7,8)9)15-24(28(25)32)31(10,11)12/h15-16,21-22,26-27,29,32H,1-14H3. The number of hydrogen-bond acceptors (Lipinski definition) is 1. The summed E-state index contributed by atoms with van der Waals surface area (Å²) in [6.07, 6.45) is 0. The molecule has 1 N–H and O–H groups in total. The molecule has 0 aliphatic heterocycles. The highest BCUT2D eigenvalue weighted by Gasteiger charge is 2.56. The number of rotatable bonds is 2. The van der Waals surface area contributed by atoms with Gasteiger partial charge in [-0.2, -0.15) is 0 Å². The van der Waals surface area contributed by atoms with Crippen LogP contribution in [-0.4, -0.2) is 13.2 Å². The van der Waals surface area contributed by atoms with Gasteiger partial charge in [0.2, 0.25) is 0 Å². The fraction of sp³-hybridized carbons (Fsp3) is 0.677. The van der Waals surface area contributed by atoms with Crippen LogP contribution in [0.4, 0.5) is 0 Å². The molecule has 1 nitrogen and oxygen atoms in total. The number of aromatic hydroxyl groups is 1. The summed E-state index contributed by atoms with van der Waals surface area (Å²) >= 11 is 0. The minimum absolute atomic E-state index is 0.0533. The Balaban J connectivity index is 2.28. The van der Waals surface area contributed by atoms with E-state index in [1.54, 1.807) is 11.1 Å². The topological polar surface area (TPSA) is 20.2 Å². The summed E-state index contributed by atoms with van der Waals surface area (Å²) in [7, 11) is -2.05. The SMILES string of the molecule is CC1=C(C)C2C(C)C(C)C([Si](C)(C)c3cc(C(C)(C)C)cc(C(C)(C)C)c3O)C2C(C)=C1C. The van der Waals surface area contributed by atoms with Gasteiger partial charge >= 0.3 is 0 Å². The molecule has 5 atom stereocenters. The molecule has 2 heteroatoms. The van der Waals surface area contributed by atoms with E-state index in [0.29, 0.717) is 35.0 Å². The predicted molar refractivity (Wildman–Crippen MR) is 148 cm³/mol. The summed E-state index contributed by atoms with van der Waals surface area (Å²) in [4.78, 5) is 0. The first-order valence-corrected chi connectivity index (χ1v) is 16.1. The minimum atomic E-state index is -2.05. The Bertz CT molecular complexity index is 1010. The average Bonchev–Trinajstić information content (AvgIpc) is 2.94. The lowest BCUT2D eigenvalue weighted by atomic mass is 9.72. The van der Waals surface area contributed by atoms with Gasteiger partial charge in [-0.15, -0.1) is 0 Å². The van der Waals surface area contributed by atoms with E-state index in [1.807, 2.05) is 0 Å². The Morgan fingerprint density at radius 2 is 1.21 bits per heavy atom. The van der Waals surface area contributed by atoms with E-state index < -0.39 is 8.07 Å². The summed E-state index contributed by atoms with van der Waals surface area (Å²) in [5, 5.41) is 13.1. The van der Waals surface area contributed by atoms with E-state index in [0.717, 1.165) is 5.56 Å². The smallest absolute Gasteiger partial charge is 0.118 e. The first-order valence-electron chi connectivity index (χ1n) is 13.1. The van der Waals surface area contributed by atoms with E-state index >= 15 is 0 Å². The lowest BCUT2D eigenvalue weighted by molar-refractivity contribution is 0.371. The number of benzene rings is 1. The van der Waals surface area contributed by atoms with Crippen molar-refractivity contribution in [1.82, 2.24) is 0 Å². The molecular formula is C31H50OSi. The first-order chi connectivity index (χ1) is 14.8. The molecule has 1 aromatic carbocycles. The predicted octanol–water partition coefficient (Wildman–Crippen LogP) is 8.48. The van der Waals surface area contributed by atoms with Gasteiger partial charge in [0.05, 0.1) is 8.07 Å². The molecule has 1 saturated carbocycles. The Morgan fingerprint density at radius 3 is 1.67 bits per heavy atom. The third kappa shape index (κ3) is 4.09. The maximum Gasteiger partial charge on any atom is 0.118 e.